The number of benzene rings is 1. The molecule has 0 saturated heterocycles. The summed E-state index contributed by atoms with van der Waals surface area (Å²) < 4.78 is 0. The highest BCUT2D eigenvalue weighted by Crippen LogP contribution is 2.22. The minimum atomic E-state index is 0.719. The molecule has 0 amide bonds. The third-order valence-electron chi connectivity index (χ3n) is 3.02. The standard InChI is InChI=1S/C16H14N4/c1-11-18-12(2)20-16(19-11)15-5-3-13(4-6-15)14-7-9-17-10-8-14/h3-10H,1-2H3. The van der Waals surface area contributed by atoms with Crippen LogP contribution < -0.4 is 0 Å². The molecule has 0 fully saturated rings. The number of pyridine rings is 1. The van der Waals surface area contributed by atoms with Crippen molar-refractivity contribution in [3.8, 4) is 22.5 Å². The van der Waals surface area contributed by atoms with Gasteiger partial charge >= 0.3 is 0 Å². The van der Waals surface area contributed by atoms with Gasteiger partial charge in [-0.15, -0.1) is 0 Å². The minimum absolute atomic E-state index is 0.719. The van der Waals surface area contributed by atoms with E-state index in [9.17, 15) is 0 Å². The van der Waals surface area contributed by atoms with E-state index < -0.39 is 0 Å². The van der Waals surface area contributed by atoms with Crippen LogP contribution in [-0.2, 0) is 0 Å². The lowest BCUT2D eigenvalue weighted by molar-refractivity contribution is 0.928. The largest absolute Gasteiger partial charge is 0.265 e. The first-order chi connectivity index (χ1) is 9.72. The molecule has 0 aliphatic rings. The van der Waals surface area contributed by atoms with Gasteiger partial charge in [0, 0.05) is 18.0 Å². The highest BCUT2D eigenvalue weighted by molar-refractivity contribution is 5.67. The first kappa shape index (κ1) is 12.4. The summed E-state index contributed by atoms with van der Waals surface area (Å²) in [6.07, 6.45) is 3.59. The number of hydrogen-bond acceptors (Lipinski definition) is 4. The number of nitrogens with zero attached hydrogens (tertiary/aromatic N) is 4. The van der Waals surface area contributed by atoms with Crippen molar-refractivity contribution in [2.75, 3.05) is 0 Å². The van der Waals surface area contributed by atoms with Crippen LogP contribution in [0.2, 0.25) is 0 Å². The maximum atomic E-state index is 4.37. The Morgan fingerprint density at radius 3 is 1.70 bits per heavy atom. The molecule has 0 bridgehead atoms. The van der Waals surface area contributed by atoms with Crippen molar-refractivity contribution in [2.24, 2.45) is 0 Å². The Hall–Kier alpha value is -2.62. The van der Waals surface area contributed by atoms with Crippen LogP contribution in [0.1, 0.15) is 11.6 Å². The zero-order chi connectivity index (χ0) is 13.9. The van der Waals surface area contributed by atoms with Crippen LogP contribution in [0.4, 0.5) is 0 Å². The fourth-order valence-corrected chi connectivity index (χ4v) is 2.10. The molecule has 0 aliphatic carbocycles. The van der Waals surface area contributed by atoms with Gasteiger partial charge in [-0.05, 0) is 37.1 Å². The lowest BCUT2D eigenvalue weighted by Crippen LogP contribution is -1.98. The van der Waals surface area contributed by atoms with E-state index in [0.29, 0.717) is 0 Å². The van der Waals surface area contributed by atoms with E-state index in [0.717, 1.165) is 34.2 Å². The van der Waals surface area contributed by atoms with Crippen LogP contribution in [-0.4, -0.2) is 19.9 Å². The topological polar surface area (TPSA) is 51.6 Å². The van der Waals surface area contributed by atoms with Crippen molar-refractivity contribution in [3.63, 3.8) is 0 Å². The summed E-state index contributed by atoms with van der Waals surface area (Å²) >= 11 is 0. The van der Waals surface area contributed by atoms with Crippen LogP contribution in [0.25, 0.3) is 22.5 Å². The molecule has 98 valence electrons. The summed E-state index contributed by atoms with van der Waals surface area (Å²) in [6, 6.07) is 12.2. The van der Waals surface area contributed by atoms with Gasteiger partial charge in [-0.2, -0.15) is 0 Å². The van der Waals surface area contributed by atoms with Crippen molar-refractivity contribution in [1.82, 2.24) is 19.9 Å². The SMILES string of the molecule is Cc1nc(C)nc(-c2ccc(-c3ccncc3)cc2)n1. The van der Waals surface area contributed by atoms with Crippen molar-refractivity contribution >= 4 is 0 Å². The molecule has 3 aromatic rings. The molecular weight excluding hydrogens is 248 g/mol. The molecule has 0 radical (unpaired) electrons. The van der Waals surface area contributed by atoms with Gasteiger partial charge in [0.1, 0.15) is 11.6 Å². The fourth-order valence-electron chi connectivity index (χ4n) is 2.10. The van der Waals surface area contributed by atoms with Crippen LogP contribution >= 0.6 is 0 Å². The number of aromatic nitrogens is 4. The lowest BCUT2D eigenvalue weighted by Gasteiger charge is -2.05. The predicted molar refractivity (Wildman–Crippen MR) is 78.0 cm³/mol. The van der Waals surface area contributed by atoms with Gasteiger partial charge in [-0.1, -0.05) is 24.3 Å². The minimum Gasteiger partial charge on any atom is -0.265 e. The second-order valence-electron chi connectivity index (χ2n) is 4.57. The zero-order valence-corrected chi connectivity index (χ0v) is 11.4. The van der Waals surface area contributed by atoms with E-state index in [1.54, 1.807) is 12.4 Å². The molecule has 4 nitrogen and oxygen atoms in total. The first-order valence-electron chi connectivity index (χ1n) is 6.42. The monoisotopic (exact) mass is 262 g/mol. The molecule has 0 aliphatic heterocycles. The average molecular weight is 262 g/mol. The molecule has 0 saturated carbocycles. The van der Waals surface area contributed by atoms with Gasteiger partial charge in [-0.3, -0.25) is 4.98 Å². The third-order valence-corrected chi connectivity index (χ3v) is 3.02. The Kier molecular flexibility index (Phi) is 3.21. The van der Waals surface area contributed by atoms with E-state index >= 15 is 0 Å². The van der Waals surface area contributed by atoms with Crippen molar-refractivity contribution < 1.29 is 0 Å². The van der Waals surface area contributed by atoms with E-state index in [1.807, 2.05) is 38.1 Å². The zero-order valence-electron chi connectivity index (χ0n) is 11.4. The molecule has 4 heteroatoms. The Labute approximate surface area is 117 Å². The van der Waals surface area contributed by atoms with Crippen molar-refractivity contribution in [2.45, 2.75) is 13.8 Å². The number of hydrogen-bond donors (Lipinski definition) is 0. The van der Waals surface area contributed by atoms with Gasteiger partial charge in [0.15, 0.2) is 5.82 Å². The quantitative estimate of drug-likeness (QED) is 0.711. The van der Waals surface area contributed by atoms with Gasteiger partial charge in [-0.25, -0.2) is 15.0 Å². The molecule has 0 atom stereocenters. The summed E-state index contributed by atoms with van der Waals surface area (Å²) in [5.74, 6) is 2.20. The molecule has 1 aromatic carbocycles. The molecule has 2 heterocycles. The van der Waals surface area contributed by atoms with E-state index in [4.69, 9.17) is 0 Å². The third kappa shape index (κ3) is 2.54. The molecule has 0 unspecified atom stereocenters. The summed E-state index contributed by atoms with van der Waals surface area (Å²) in [6.45, 7) is 3.76. The van der Waals surface area contributed by atoms with Gasteiger partial charge < -0.3 is 0 Å². The number of aryl methyl sites for hydroxylation is 2. The maximum absolute atomic E-state index is 4.37. The number of rotatable bonds is 2. The Bertz CT molecular complexity index is 701. The van der Waals surface area contributed by atoms with E-state index in [-0.39, 0.29) is 0 Å². The highest BCUT2D eigenvalue weighted by atomic mass is 15.0. The van der Waals surface area contributed by atoms with Crippen LogP contribution in [0.5, 0.6) is 0 Å². The van der Waals surface area contributed by atoms with Crippen molar-refractivity contribution in [1.29, 1.82) is 0 Å². The summed E-state index contributed by atoms with van der Waals surface area (Å²) in [5, 5.41) is 0. The Morgan fingerprint density at radius 2 is 1.10 bits per heavy atom. The second-order valence-corrected chi connectivity index (χ2v) is 4.57. The summed E-state index contributed by atoms with van der Waals surface area (Å²) in [7, 11) is 0. The molecule has 2 aromatic heterocycles. The lowest BCUT2D eigenvalue weighted by atomic mass is 10.1. The van der Waals surface area contributed by atoms with Gasteiger partial charge in [0.05, 0.1) is 0 Å². The maximum Gasteiger partial charge on any atom is 0.163 e. The van der Waals surface area contributed by atoms with Crippen molar-refractivity contribution in [3.05, 3.63) is 60.4 Å². The molecular formula is C16H14N4. The molecule has 0 N–H and O–H groups in total. The van der Waals surface area contributed by atoms with E-state index in [1.165, 1.54) is 0 Å². The van der Waals surface area contributed by atoms with Gasteiger partial charge in [0.2, 0.25) is 0 Å². The Morgan fingerprint density at radius 1 is 0.600 bits per heavy atom. The van der Waals surface area contributed by atoms with Gasteiger partial charge in [0.25, 0.3) is 0 Å². The van der Waals surface area contributed by atoms with Crippen LogP contribution in [0.15, 0.2) is 48.8 Å². The normalized spacial score (nSPS) is 10.5. The molecule has 20 heavy (non-hydrogen) atoms. The predicted octanol–water partition coefficient (Wildman–Crippen LogP) is 3.22. The van der Waals surface area contributed by atoms with Crippen LogP contribution in [0.3, 0.4) is 0 Å². The highest BCUT2D eigenvalue weighted by Gasteiger charge is 2.04. The molecule has 0 spiro atoms. The van der Waals surface area contributed by atoms with E-state index in [2.05, 4.69) is 32.1 Å². The van der Waals surface area contributed by atoms with Crippen LogP contribution in [0, 0.1) is 13.8 Å². The first-order valence-corrected chi connectivity index (χ1v) is 6.42. The summed E-state index contributed by atoms with van der Waals surface area (Å²) in [5.41, 5.74) is 3.30. The second kappa shape index (κ2) is 5.17. The summed E-state index contributed by atoms with van der Waals surface area (Å²) in [4.78, 5) is 17.0. The fraction of sp³-hybridized carbons (Fsp3) is 0.125. The Balaban J connectivity index is 1.97. The smallest absolute Gasteiger partial charge is 0.163 e. The molecule has 3 rings (SSSR count). The average Bonchev–Trinajstić information content (AvgIpc) is 2.47.